The van der Waals surface area contributed by atoms with Crippen LogP contribution < -0.4 is 0 Å². The summed E-state index contributed by atoms with van der Waals surface area (Å²) >= 11 is 5.86. The molecule has 0 aromatic heterocycles. The first-order valence-corrected chi connectivity index (χ1v) is 7.61. The van der Waals surface area contributed by atoms with Gasteiger partial charge in [0.25, 0.3) is 0 Å². The Kier molecular flexibility index (Phi) is 4.53. The van der Waals surface area contributed by atoms with E-state index in [1.807, 2.05) is 30.3 Å². The maximum Gasteiger partial charge on any atom is 0.343 e. The number of hydrogen-bond acceptors (Lipinski definition) is 4. The third-order valence-electron chi connectivity index (χ3n) is 3.51. The number of nitrogens with zero attached hydrogens (tertiary/aromatic N) is 2. The molecule has 0 radical (unpaired) electrons. The molecule has 1 heterocycles. The Bertz CT molecular complexity index is 767. The summed E-state index contributed by atoms with van der Waals surface area (Å²) in [4.78, 5) is 20.8. The first kappa shape index (κ1) is 15.4. The van der Waals surface area contributed by atoms with E-state index in [-0.39, 0.29) is 0 Å². The van der Waals surface area contributed by atoms with Gasteiger partial charge in [0.05, 0.1) is 6.54 Å². The van der Waals surface area contributed by atoms with E-state index in [4.69, 9.17) is 16.3 Å². The van der Waals surface area contributed by atoms with Crippen LogP contribution in [-0.2, 0) is 16.1 Å². The Labute approximate surface area is 139 Å². The summed E-state index contributed by atoms with van der Waals surface area (Å²) in [5.74, 6) is -0.0878. The van der Waals surface area contributed by atoms with Crippen LogP contribution in [-0.4, -0.2) is 23.6 Å². The van der Waals surface area contributed by atoms with E-state index < -0.39 is 12.0 Å². The van der Waals surface area contributed by atoms with Crippen molar-refractivity contribution in [2.24, 2.45) is 9.98 Å². The van der Waals surface area contributed by atoms with Crippen molar-refractivity contribution in [3.05, 3.63) is 70.7 Å². The standard InChI is InChI=1S/C18H15ClN2O2/c1-12(20-11-13-5-3-2-4-6-13)16-18(22)23-17(21-16)14-7-9-15(19)10-8-14/h2-10,16H,11H2,1H3. The van der Waals surface area contributed by atoms with Crippen LogP contribution in [0.5, 0.6) is 0 Å². The highest BCUT2D eigenvalue weighted by Gasteiger charge is 2.31. The zero-order valence-electron chi connectivity index (χ0n) is 12.6. The maximum atomic E-state index is 12.0. The Morgan fingerprint density at radius 2 is 1.87 bits per heavy atom. The van der Waals surface area contributed by atoms with E-state index in [0.29, 0.717) is 23.2 Å². The maximum absolute atomic E-state index is 12.0. The van der Waals surface area contributed by atoms with Crippen molar-refractivity contribution in [3.63, 3.8) is 0 Å². The molecule has 1 unspecified atom stereocenters. The van der Waals surface area contributed by atoms with E-state index in [0.717, 1.165) is 11.1 Å². The van der Waals surface area contributed by atoms with Gasteiger partial charge in [0.1, 0.15) is 0 Å². The highest BCUT2D eigenvalue weighted by atomic mass is 35.5. The van der Waals surface area contributed by atoms with Crippen LogP contribution in [0.3, 0.4) is 0 Å². The van der Waals surface area contributed by atoms with Gasteiger partial charge in [-0.2, -0.15) is 0 Å². The minimum Gasteiger partial charge on any atom is -0.405 e. The molecule has 23 heavy (non-hydrogen) atoms. The van der Waals surface area contributed by atoms with Gasteiger partial charge < -0.3 is 4.74 Å². The van der Waals surface area contributed by atoms with Crippen molar-refractivity contribution in [2.45, 2.75) is 19.5 Å². The summed E-state index contributed by atoms with van der Waals surface area (Å²) < 4.78 is 5.26. The van der Waals surface area contributed by atoms with E-state index in [1.54, 1.807) is 31.2 Å². The third-order valence-corrected chi connectivity index (χ3v) is 3.76. The van der Waals surface area contributed by atoms with Crippen LogP contribution in [0.2, 0.25) is 5.02 Å². The predicted molar refractivity (Wildman–Crippen MR) is 91.1 cm³/mol. The Balaban J connectivity index is 1.76. The number of ether oxygens (including phenoxy) is 1. The molecule has 116 valence electrons. The van der Waals surface area contributed by atoms with Crippen molar-refractivity contribution in [3.8, 4) is 0 Å². The van der Waals surface area contributed by atoms with Gasteiger partial charge in [0.2, 0.25) is 5.90 Å². The summed E-state index contributed by atoms with van der Waals surface area (Å²) in [5.41, 5.74) is 2.45. The molecule has 0 spiro atoms. The number of rotatable bonds is 4. The molecule has 0 bridgehead atoms. The van der Waals surface area contributed by atoms with Gasteiger partial charge in [-0.25, -0.2) is 9.79 Å². The molecule has 0 saturated carbocycles. The molecule has 0 N–H and O–H groups in total. The quantitative estimate of drug-likeness (QED) is 0.635. The summed E-state index contributed by atoms with van der Waals surface area (Å²) in [5, 5.41) is 0.621. The smallest absolute Gasteiger partial charge is 0.343 e. The molecule has 1 aliphatic heterocycles. The lowest BCUT2D eigenvalue weighted by Gasteiger charge is -2.03. The fourth-order valence-corrected chi connectivity index (χ4v) is 2.35. The molecule has 1 aliphatic rings. The van der Waals surface area contributed by atoms with Gasteiger partial charge >= 0.3 is 5.97 Å². The van der Waals surface area contributed by atoms with E-state index in [1.165, 1.54) is 0 Å². The number of carbonyl (C=O) groups is 1. The molecule has 0 aliphatic carbocycles. The van der Waals surface area contributed by atoms with E-state index in [2.05, 4.69) is 9.98 Å². The number of benzene rings is 2. The van der Waals surface area contributed by atoms with Gasteiger partial charge in [-0.15, -0.1) is 0 Å². The molecule has 1 atom stereocenters. The number of aliphatic imine (C=N–C) groups is 2. The first-order chi connectivity index (χ1) is 11.1. The highest BCUT2D eigenvalue weighted by molar-refractivity contribution is 6.30. The summed E-state index contributed by atoms with van der Waals surface area (Å²) in [6.07, 6.45) is 0. The SMILES string of the molecule is CC(=NCc1ccccc1)C1N=C(c2ccc(Cl)cc2)OC1=O. The van der Waals surface area contributed by atoms with Crippen LogP contribution in [0, 0.1) is 0 Å². The Morgan fingerprint density at radius 3 is 2.57 bits per heavy atom. The van der Waals surface area contributed by atoms with Gasteiger partial charge in [0.15, 0.2) is 6.04 Å². The van der Waals surface area contributed by atoms with Crippen molar-refractivity contribution in [1.29, 1.82) is 0 Å². The Hall–Kier alpha value is -2.46. The Morgan fingerprint density at radius 1 is 1.17 bits per heavy atom. The molecule has 0 fully saturated rings. The molecule has 2 aromatic rings. The second kappa shape index (κ2) is 6.75. The zero-order valence-corrected chi connectivity index (χ0v) is 13.3. The molecule has 4 nitrogen and oxygen atoms in total. The summed E-state index contributed by atoms with van der Waals surface area (Å²) in [6, 6.07) is 16.2. The third kappa shape index (κ3) is 3.66. The first-order valence-electron chi connectivity index (χ1n) is 7.24. The van der Waals surface area contributed by atoms with Crippen molar-refractivity contribution in [2.75, 3.05) is 0 Å². The fraction of sp³-hybridized carbons (Fsp3) is 0.167. The van der Waals surface area contributed by atoms with Crippen LogP contribution in [0.15, 0.2) is 64.6 Å². The minimum atomic E-state index is -0.676. The number of cyclic esters (lactones) is 1. The molecular weight excluding hydrogens is 312 g/mol. The summed E-state index contributed by atoms with van der Waals surface area (Å²) in [7, 11) is 0. The lowest BCUT2D eigenvalue weighted by Crippen LogP contribution is -2.23. The van der Waals surface area contributed by atoms with Crippen LogP contribution in [0.1, 0.15) is 18.1 Å². The molecule has 0 saturated heterocycles. The molecule has 5 heteroatoms. The zero-order chi connectivity index (χ0) is 16.2. The topological polar surface area (TPSA) is 51.0 Å². The lowest BCUT2D eigenvalue weighted by molar-refractivity contribution is -0.133. The van der Waals surface area contributed by atoms with Crippen LogP contribution in [0.4, 0.5) is 0 Å². The van der Waals surface area contributed by atoms with Crippen LogP contribution in [0.25, 0.3) is 0 Å². The second-order valence-corrected chi connectivity index (χ2v) is 5.64. The van der Waals surface area contributed by atoms with Gasteiger partial charge in [-0.3, -0.25) is 4.99 Å². The van der Waals surface area contributed by atoms with E-state index in [9.17, 15) is 4.79 Å². The number of esters is 1. The largest absolute Gasteiger partial charge is 0.405 e. The van der Waals surface area contributed by atoms with Crippen molar-refractivity contribution < 1.29 is 9.53 Å². The fourth-order valence-electron chi connectivity index (χ4n) is 2.22. The average Bonchev–Trinajstić information content (AvgIpc) is 2.96. The highest BCUT2D eigenvalue weighted by Crippen LogP contribution is 2.17. The number of hydrogen-bond donors (Lipinski definition) is 0. The second-order valence-electron chi connectivity index (χ2n) is 5.21. The van der Waals surface area contributed by atoms with Gasteiger partial charge in [0, 0.05) is 16.3 Å². The molecular formula is C18H15ClN2O2. The molecule has 0 amide bonds. The van der Waals surface area contributed by atoms with Gasteiger partial charge in [-0.1, -0.05) is 41.9 Å². The predicted octanol–water partition coefficient (Wildman–Crippen LogP) is 3.67. The van der Waals surface area contributed by atoms with Crippen LogP contribution >= 0.6 is 11.6 Å². The lowest BCUT2D eigenvalue weighted by atomic mass is 10.2. The number of carbonyl (C=O) groups excluding carboxylic acids is 1. The average molecular weight is 327 g/mol. The molecule has 2 aromatic carbocycles. The van der Waals surface area contributed by atoms with Gasteiger partial charge in [-0.05, 0) is 36.8 Å². The summed E-state index contributed by atoms with van der Waals surface area (Å²) in [6.45, 7) is 2.31. The van der Waals surface area contributed by atoms with Crippen molar-refractivity contribution in [1.82, 2.24) is 0 Å². The number of halogens is 1. The van der Waals surface area contributed by atoms with Crippen molar-refractivity contribution >= 4 is 29.2 Å². The molecule has 3 rings (SSSR count). The van der Waals surface area contributed by atoms with E-state index >= 15 is 0 Å². The minimum absolute atomic E-state index is 0.311. The monoisotopic (exact) mass is 326 g/mol. The normalized spacial score (nSPS) is 17.8.